The van der Waals surface area contributed by atoms with Crippen LogP contribution in [-0.2, 0) is 4.79 Å². The van der Waals surface area contributed by atoms with Crippen molar-refractivity contribution in [1.82, 2.24) is 4.57 Å². The molecule has 25 heavy (non-hydrogen) atoms. The lowest BCUT2D eigenvalue weighted by Gasteiger charge is -2.15. The fraction of sp³-hybridized carbons (Fsp3) is 0.263. The molecule has 1 aromatic heterocycles. The normalized spacial score (nSPS) is 12.3. The average molecular weight is 356 g/mol. The van der Waals surface area contributed by atoms with Gasteiger partial charge in [0.15, 0.2) is 6.10 Å². The summed E-state index contributed by atoms with van der Waals surface area (Å²) in [6.45, 7) is 5.66. The number of aromatic nitrogens is 1. The maximum absolute atomic E-state index is 12.3. The summed E-state index contributed by atoms with van der Waals surface area (Å²) in [6, 6.07) is 14.8. The molecule has 2 aromatic carbocycles. The number of anilines is 1. The Hall–Kier alpha value is -2.60. The first-order valence-electron chi connectivity index (χ1n) is 8.13. The van der Waals surface area contributed by atoms with Crippen molar-refractivity contribution in [3.8, 4) is 5.75 Å². The van der Waals surface area contributed by atoms with Gasteiger partial charge in [-0.2, -0.15) is 0 Å². The number of hydrogen-bond donors (Lipinski definition) is 1. The maximum atomic E-state index is 12.3. The van der Waals surface area contributed by atoms with Gasteiger partial charge in [-0.25, -0.2) is 0 Å². The van der Waals surface area contributed by atoms with Crippen LogP contribution in [0.1, 0.15) is 26.8 Å². The number of thiazole rings is 1. The molecule has 6 heteroatoms. The summed E-state index contributed by atoms with van der Waals surface area (Å²) in [4.78, 5) is 24.4. The average Bonchev–Trinajstić information content (AvgIpc) is 2.90. The molecule has 0 bridgehead atoms. The number of benzene rings is 2. The van der Waals surface area contributed by atoms with Crippen molar-refractivity contribution >= 4 is 33.1 Å². The Morgan fingerprint density at radius 3 is 2.52 bits per heavy atom. The van der Waals surface area contributed by atoms with Crippen molar-refractivity contribution in [1.29, 1.82) is 0 Å². The van der Waals surface area contributed by atoms with Crippen LogP contribution in [0.3, 0.4) is 0 Å². The molecule has 0 saturated carbocycles. The van der Waals surface area contributed by atoms with E-state index in [-0.39, 0.29) is 16.8 Å². The second-order valence-corrected chi connectivity index (χ2v) is 7.07. The number of nitrogens with zero attached hydrogens (tertiary/aromatic N) is 1. The Balaban J connectivity index is 1.76. The van der Waals surface area contributed by atoms with Gasteiger partial charge in [0.05, 0.1) is 10.2 Å². The lowest BCUT2D eigenvalue weighted by Crippen LogP contribution is -2.30. The van der Waals surface area contributed by atoms with Crippen LogP contribution >= 0.6 is 11.3 Å². The molecule has 1 heterocycles. The van der Waals surface area contributed by atoms with Crippen LogP contribution in [-0.4, -0.2) is 16.6 Å². The molecule has 1 atom stereocenters. The molecule has 5 nitrogen and oxygen atoms in total. The molecule has 0 saturated heterocycles. The number of carbonyl (C=O) groups is 1. The van der Waals surface area contributed by atoms with Crippen molar-refractivity contribution in [2.24, 2.45) is 0 Å². The van der Waals surface area contributed by atoms with Gasteiger partial charge in [0, 0.05) is 11.7 Å². The Morgan fingerprint density at radius 2 is 1.84 bits per heavy atom. The van der Waals surface area contributed by atoms with Crippen molar-refractivity contribution in [2.45, 2.75) is 32.9 Å². The van der Waals surface area contributed by atoms with E-state index in [0.29, 0.717) is 11.4 Å². The SMILES string of the molecule is CC(C)n1c(=O)sc2cc(NC(=O)[C@H](C)Oc3ccccc3)ccc21. The third kappa shape index (κ3) is 3.74. The molecule has 0 aliphatic rings. The number of fused-ring (bicyclic) bond motifs is 1. The monoisotopic (exact) mass is 356 g/mol. The summed E-state index contributed by atoms with van der Waals surface area (Å²) in [6.07, 6.45) is -0.628. The van der Waals surface area contributed by atoms with Crippen LogP contribution in [0.25, 0.3) is 10.2 Å². The van der Waals surface area contributed by atoms with Crippen molar-refractivity contribution in [3.63, 3.8) is 0 Å². The molecule has 0 radical (unpaired) electrons. The largest absolute Gasteiger partial charge is 0.481 e. The fourth-order valence-electron chi connectivity index (χ4n) is 2.60. The number of rotatable bonds is 5. The summed E-state index contributed by atoms with van der Waals surface area (Å²) in [5, 5.41) is 2.84. The molecule has 1 N–H and O–H groups in total. The predicted molar refractivity (Wildman–Crippen MR) is 102 cm³/mol. The van der Waals surface area contributed by atoms with E-state index < -0.39 is 6.10 Å². The summed E-state index contributed by atoms with van der Waals surface area (Å²) >= 11 is 1.18. The van der Waals surface area contributed by atoms with Crippen LogP contribution < -0.4 is 14.9 Å². The van der Waals surface area contributed by atoms with Crippen molar-refractivity contribution < 1.29 is 9.53 Å². The molecule has 0 spiro atoms. The van der Waals surface area contributed by atoms with Crippen molar-refractivity contribution in [2.75, 3.05) is 5.32 Å². The van der Waals surface area contributed by atoms with Gasteiger partial charge in [0.2, 0.25) is 0 Å². The topological polar surface area (TPSA) is 60.3 Å². The number of ether oxygens (including phenoxy) is 1. The molecule has 0 aliphatic carbocycles. The second-order valence-electron chi connectivity index (χ2n) is 6.08. The summed E-state index contributed by atoms with van der Waals surface area (Å²) in [7, 11) is 0. The quantitative estimate of drug-likeness (QED) is 0.750. The molecule has 3 rings (SSSR count). The Bertz CT molecular complexity index is 944. The van der Waals surface area contributed by atoms with Gasteiger partial charge in [0.1, 0.15) is 5.75 Å². The van der Waals surface area contributed by atoms with E-state index in [1.54, 1.807) is 17.6 Å². The smallest absolute Gasteiger partial charge is 0.308 e. The zero-order valence-corrected chi connectivity index (χ0v) is 15.2. The molecule has 1 amide bonds. The summed E-state index contributed by atoms with van der Waals surface area (Å²) in [5.41, 5.74) is 1.54. The minimum atomic E-state index is -0.628. The first-order valence-corrected chi connectivity index (χ1v) is 8.95. The Labute approximate surface area is 149 Å². The van der Waals surface area contributed by atoms with Crippen molar-refractivity contribution in [3.05, 3.63) is 58.2 Å². The molecule has 0 unspecified atom stereocenters. The third-order valence-electron chi connectivity index (χ3n) is 3.82. The third-order valence-corrected chi connectivity index (χ3v) is 4.74. The van der Waals surface area contributed by atoms with Gasteiger partial charge < -0.3 is 10.1 Å². The summed E-state index contributed by atoms with van der Waals surface area (Å²) < 4.78 is 8.24. The Morgan fingerprint density at radius 1 is 1.12 bits per heavy atom. The standard InChI is InChI=1S/C19H20N2O3S/c1-12(2)21-16-10-9-14(11-17(16)25-19(21)23)20-18(22)13(3)24-15-7-5-4-6-8-15/h4-13H,1-3H3,(H,20,22)/t13-/m0/s1. The van der Waals surface area contributed by atoms with Crippen LogP contribution in [0.2, 0.25) is 0 Å². The van der Waals surface area contributed by atoms with E-state index in [9.17, 15) is 9.59 Å². The Kier molecular flexibility index (Phi) is 4.90. The molecular weight excluding hydrogens is 336 g/mol. The van der Waals surface area contributed by atoms with E-state index in [1.165, 1.54) is 11.3 Å². The van der Waals surface area contributed by atoms with E-state index >= 15 is 0 Å². The highest BCUT2D eigenvalue weighted by molar-refractivity contribution is 7.16. The minimum Gasteiger partial charge on any atom is -0.481 e. The highest BCUT2D eigenvalue weighted by Gasteiger charge is 2.16. The first-order chi connectivity index (χ1) is 12.0. The van der Waals surface area contributed by atoms with E-state index in [0.717, 1.165) is 10.2 Å². The molecule has 130 valence electrons. The zero-order valence-electron chi connectivity index (χ0n) is 14.4. The second kappa shape index (κ2) is 7.11. The molecule has 0 aliphatic heterocycles. The molecule has 3 aromatic rings. The highest BCUT2D eigenvalue weighted by Crippen LogP contribution is 2.24. The first kappa shape index (κ1) is 17.2. The highest BCUT2D eigenvalue weighted by atomic mass is 32.1. The number of amides is 1. The number of para-hydroxylation sites is 1. The maximum Gasteiger partial charge on any atom is 0.308 e. The molecule has 0 fully saturated rings. The van der Waals surface area contributed by atoms with Gasteiger partial charge in [-0.3, -0.25) is 14.2 Å². The lowest BCUT2D eigenvalue weighted by atomic mass is 10.2. The lowest BCUT2D eigenvalue weighted by molar-refractivity contribution is -0.122. The van der Waals surface area contributed by atoms with Gasteiger partial charge in [-0.1, -0.05) is 29.5 Å². The number of carbonyl (C=O) groups excluding carboxylic acids is 1. The van der Waals surface area contributed by atoms with Gasteiger partial charge >= 0.3 is 4.87 Å². The predicted octanol–water partition coefficient (Wildman–Crippen LogP) is 4.05. The molecular formula is C19H20N2O3S. The number of nitrogens with one attached hydrogen (secondary N) is 1. The van der Waals surface area contributed by atoms with Gasteiger partial charge in [-0.15, -0.1) is 0 Å². The van der Waals surface area contributed by atoms with Gasteiger partial charge in [-0.05, 0) is 51.1 Å². The van der Waals surface area contributed by atoms with Gasteiger partial charge in [0.25, 0.3) is 5.91 Å². The van der Waals surface area contributed by atoms with E-state index in [2.05, 4.69) is 5.32 Å². The number of hydrogen-bond acceptors (Lipinski definition) is 4. The van der Waals surface area contributed by atoms with E-state index in [4.69, 9.17) is 4.74 Å². The minimum absolute atomic E-state index is 0.00857. The van der Waals surface area contributed by atoms with Crippen LogP contribution in [0.5, 0.6) is 5.75 Å². The summed E-state index contributed by atoms with van der Waals surface area (Å²) in [5.74, 6) is 0.409. The van der Waals surface area contributed by atoms with Crippen LogP contribution in [0, 0.1) is 0 Å². The van der Waals surface area contributed by atoms with Crippen LogP contribution in [0.15, 0.2) is 53.3 Å². The zero-order chi connectivity index (χ0) is 18.0. The van der Waals surface area contributed by atoms with Crippen LogP contribution in [0.4, 0.5) is 5.69 Å². The van der Waals surface area contributed by atoms with E-state index in [1.807, 2.05) is 56.3 Å². The fourth-order valence-corrected chi connectivity index (χ4v) is 3.66.